The van der Waals surface area contributed by atoms with Crippen LogP contribution in [0.1, 0.15) is 41.5 Å². The lowest BCUT2D eigenvalue weighted by Gasteiger charge is -2.38. The maximum absolute atomic E-state index is 12.6. The summed E-state index contributed by atoms with van der Waals surface area (Å²) in [5.41, 5.74) is 0. The number of rotatable bonds is 6. The Bertz CT molecular complexity index is 446. The van der Waals surface area contributed by atoms with Crippen molar-refractivity contribution in [2.45, 2.75) is 70.5 Å². The third-order valence-corrected chi connectivity index (χ3v) is 12.0. The van der Waals surface area contributed by atoms with Crippen molar-refractivity contribution < 1.29 is 8.63 Å². The molecule has 3 unspecified atom stereocenters. The molecule has 136 valence electrons. The molecule has 2 N–H and O–H groups in total. The Morgan fingerprint density at radius 3 is 2.13 bits per heavy atom. The van der Waals surface area contributed by atoms with Crippen LogP contribution in [-0.2, 0) is 15.4 Å². The van der Waals surface area contributed by atoms with Gasteiger partial charge in [0.15, 0.2) is 8.32 Å². The summed E-state index contributed by atoms with van der Waals surface area (Å²) in [6, 6.07) is 0.210. The lowest BCUT2D eigenvalue weighted by molar-refractivity contribution is 0.235. The first-order valence-electron chi connectivity index (χ1n) is 8.87. The predicted molar refractivity (Wildman–Crippen MR) is 101 cm³/mol. The van der Waals surface area contributed by atoms with Crippen molar-refractivity contribution in [1.29, 1.82) is 0 Å². The van der Waals surface area contributed by atoms with E-state index in [2.05, 4.69) is 43.9 Å². The molecule has 2 fully saturated rings. The van der Waals surface area contributed by atoms with Gasteiger partial charge in [0, 0.05) is 6.04 Å². The Kier molecular flexibility index (Phi) is 5.55. The summed E-state index contributed by atoms with van der Waals surface area (Å²) in [7, 11) is -2.81. The first-order valence-corrected chi connectivity index (χ1v) is 12.9. The first-order chi connectivity index (χ1) is 10.3. The molecule has 1 heterocycles. The number of piperidine rings is 1. The van der Waals surface area contributed by atoms with Crippen LogP contribution in [0.15, 0.2) is 0 Å². The fourth-order valence-corrected chi connectivity index (χ4v) is 5.00. The molecule has 0 aromatic rings. The van der Waals surface area contributed by atoms with E-state index >= 15 is 0 Å². The zero-order chi connectivity index (χ0) is 17.6. The van der Waals surface area contributed by atoms with Crippen LogP contribution < -0.4 is 10.0 Å². The second kappa shape index (κ2) is 6.52. The monoisotopic (exact) mass is 360 g/mol. The minimum Gasteiger partial charge on any atom is -0.415 e. The largest absolute Gasteiger partial charge is 0.415 e. The van der Waals surface area contributed by atoms with Crippen LogP contribution >= 0.6 is 0 Å². The molecule has 0 aromatic carbocycles. The average Bonchev–Trinajstić information content (AvgIpc) is 2.85. The predicted octanol–water partition coefficient (Wildman–Crippen LogP) is 2.89. The van der Waals surface area contributed by atoms with Gasteiger partial charge in [-0.2, -0.15) is 0 Å². The topological polar surface area (TPSA) is 50.4 Å². The molecule has 0 bridgehead atoms. The first kappa shape index (κ1) is 19.6. The van der Waals surface area contributed by atoms with Gasteiger partial charge in [-0.05, 0) is 69.7 Å². The van der Waals surface area contributed by atoms with Crippen LogP contribution in [0.5, 0.6) is 0 Å². The normalized spacial score (nSPS) is 30.9. The van der Waals surface area contributed by atoms with E-state index in [-0.39, 0.29) is 15.8 Å². The fourth-order valence-electron chi connectivity index (χ4n) is 3.12. The number of nitrogens with one attached hydrogen (secondary N) is 2. The highest BCUT2D eigenvalue weighted by Gasteiger charge is 2.57. The molecule has 2 rings (SSSR count). The molecule has 23 heavy (non-hydrogen) atoms. The van der Waals surface area contributed by atoms with Crippen LogP contribution in [0.4, 0.5) is 0 Å². The van der Waals surface area contributed by atoms with Gasteiger partial charge in [-0.1, -0.05) is 20.8 Å². The van der Waals surface area contributed by atoms with Crippen molar-refractivity contribution in [2.24, 2.45) is 17.8 Å². The number of fused-ring (bicyclic) bond motifs is 1. The summed E-state index contributed by atoms with van der Waals surface area (Å²) in [6.45, 7) is 20.4. The van der Waals surface area contributed by atoms with Crippen molar-refractivity contribution in [3.8, 4) is 0 Å². The van der Waals surface area contributed by atoms with Gasteiger partial charge in [0.2, 0.25) is 0 Å². The summed E-state index contributed by atoms with van der Waals surface area (Å²) >= 11 is 0. The van der Waals surface area contributed by atoms with E-state index in [0.29, 0.717) is 12.5 Å². The second-order valence-corrected chi connectivity index (χ2v) is 16.5. The second-order valence-electron chi connectivity index (χ2n) is 9.74. The molecular formula is C17H36N2O2SSi. The Morgan fingerprint density at radius 1 is 1.17 bits per heavy atom. The van der Waals surface area contributed by atoms with E-state index in [1.165, 1.54) is 0 Å². The molecule has 6 heteroatoms. The van der Waals surface area contributed by atoms with Gasteiger partial charge in [0.05, 0.1) is 22.3 Å². The SMILES string of the molecule is CC(C)(C)S(=O)NC(CO[Si](C)(C)C(C)(C)C)C1[C@H]2CNC[C@@H]12. The van der Waals surface area contributed by atoms with Crippen LogP contribution in [0.3, 0.4) is 0 Å². The number of hydrogen-bond acceptors (Lipinski definition) is 3. The van der Waals surface area contributed by atoms with Gasteiger partial charge in [-0.25, -0.2) is 8.93 Å². The van der Waals surface area contributed by atoms with E-state index < -0.39 is 19.3 Å². The highest BCUT2D eigenvalue weighted by atomic mass is 32.2. The van der Waals surface area contributed by atoms with Crippen molar-refractivity contribution in [2.75, 3.05) is 19.7 Å². The van der Waals surface area contributed by atoms with Crippen LogP contribution in [-0.4, -0.2) is 43.0 Å². The molecule has 5 atom stereocenters. The third-order valence-electron chi connectivity index (χ3n) is 5.87. The van der Waals surface area contributed by atoms with Crippen molar-refractivity contribution >= 4 is 19.3 Å². The lowest BCUT2D eigenvalue weighted by atomic mass is 10.1. The van der Waals surface area contributed by atoms with E-state index in [4.69, 9.17) is 4.43 Å². The van der Waals surface area contributed by atoms with Gasteiger partial charge in [-0.15, -0.1) is 0 Å². The Labute approximate surface area is 146 Å². The quantitative estimate of drug-likeness (QED) is 0.716. The molecule has 0 spiro atoms. The standard InChI is InChI=1S/C17H36N2O2SSi/c1-16(2,3)22(20)19-14(15-12-9-18-10-13(12)15)11-21-23(7,8)17(4,5)6/h12-15,18-19H,9-11H2,1-8H3/t12-,13+,14?,15?,22?. The summed E-state index contributed by atoms with van der Waals surface area (Å²) in [5, 5.41) is 3.66. The Balaban J connectivity index is 2.02. The maximum Gasteiger partial charge on any atom is 0.192 e. The summed E-state index contributed by atoms with van der Waals surface area (Å²) in [4.78, 5) is 0. The zero-order valence-electron chi connectivity index (χ0n) is 16.2. The highest BCUT2D eigenvalue weighted by molar-refractivity contribution is 7.84. The molecule has 4 nitrogen and oxygen atoms in total. The van der Waals surface area contributed by atoms with E-state index in [0.717, 1.165) is 24.9 Å². The summed E-state index contributed by atoms with van der Waals surface area (Å²) < 4.78 is 22.2. The lowest BCUT2D eigenvalue weighted by Crippen LogP contribution is -2.49. The molecular weight excluding hydrogens is 324 g/mol. The zero-order valence-corrected chi connectivity index (χ0v) is 18.0. The average molecular weight is 361 g/mol. The number of hydrogen-bond donors (Lipinski definition) is 2. The fraction of sp³-hybridized carbons (Fsp3) is 1.00. The van der Waals surface area contributed by atoms with E-state index in [9.17, 15) is 4.21 Å². The summed E-state index contributed by atoms with van der Waals surface area (Å²) in [6.07, 6.45) is 0. The maximum atomic E-state index is 12.6. The minimum absolute atomic E-state index is 0.210. The molecule has 1 aliphatic carbocycles. The van der Waals surface area contributed by atoms with Gasteiger partial charge in [0.1, 0.15) is 0 Å². The molecule has 1 saturated carbocycles. The molecule has 0 aromatic heterocycles. The third kappa shape index (κ3) is 4.45. The minimum atomic E-state index is -1.77. The van der Waals surface area contributed by atoms with Crippen LogP contribution in [0.25, 0.3) is 0 Å². The van der Waals surface area contributed by atoms with Gasteiger partial charge >= 0.3 is 0 Å². The van der Waals surface area contributed by atoms with Crippen molar-refractivity contribution in [3.63, 3.8) is 0 Å². The highest BCUT2D eigenvalue weighted by Crippen LogP contribution is 2.51. The molecule has 1 saturated heterocycles. The molecule has 1 aliphatic heterocycles. The smallest absolute Gasteiger partial charge is 0.192 e. The van der Waals surface area contributed by atoms with Gasteiger partial charge in [0.25, 0.3) is 0 Å². The van der Waals surface area contributed by atoms with Crippen molar-refractivity contribution in [1.82, 2.24) is 10.0 Å². The molecule has 2 aliphatic rings. The van der Waals surface area contributed by atoms with E-state index in [1.807, 2.05) is 20.8 Å². The molecule has 0 amide bonds. The summed E-state index contributed by atoms with van der Waals surface area (Å²) in [5.74, 6) is 2.10. The van der Waals surface area contributed by atoms with Gasteiger partial charge in [-0.3, -0.25) is 0 Å². The van der Waals surface area contributed by atoms with Crippen LogP contribution in [0, 0.1) is 17.8 Å². The Morgan fingerprint density at radius 2 is 1.70 bits per heavy atom. The van der Waals surface area contributed by atoms with E-state index in [1.54, 1.807) is 0 Å². The van der Waals surface area contributed by atoms with Crippen molar-refractivity contribution in [3.05, 3.63) is 0 Å². The Hall–Kier alpha value is 0.247. The van der Waals surface area contributed by atoms with Crippen LogP contribution in [0.2, 0.25) is 18.1 Å². The molecule has 0 radical (unpaired) electrons. The van der Waals surface area contributed by atoms with Gasteiger partial charge < -0.3 is 9.74 Å².